The minimum absolute atomic E-state index is 0.177. The average Bonchev–Trinajstić information content (AvgIpc) is 3.33. The van der Waals surface area contributed by atoms with Crippen LogP contribution in [0.4, 0.5) is 10.3 Å². The monoisotopic (exact) mass is 413 g/mol. The molecule has 0 spiro atoms. The van der Waals surface area contributed by atoms with Crippen LogP contribution >= 0.6 is 0 Å². The standard InChI is InChI=1S/C18H16FN7O2S/c19-12-2-1-11(13-6-26-15(21)22-10-23-16(26)24-13)5-14(12)29(27,28)25-18-4-3-17(7-18,8-18)9-20/h1-2,5-6,10,25H,3-4,7-8H2,(H2,21,22,23,24). The van der Waals surface area contributed by atoms with E-state index >= 15 is 0 Å². The quantitative estimate of drug-likeness (QED) is 0.662. The number of sulfonamides is 1. The summed E-state index contributed by atoms with van der Waals surface area (Å²) in [6.45, 7) is 0. The molecule has 0 amide bonds. The molecule has 0 radical (unpaired) electrons. The van der Waals surface area contributed by atoms with Crippen molar-refractivity contribution in [1.29, 1.82) is 5.26 Å². The van der Waals surface area contributed by atoms with Crippen LogP contribution in [0.3, 0.4) is 0 Å². The molecule has 3 aromatic rings. The zero-order valence-electron chi connectivity index (χ0n) is 15.1. The lowest BCUT2D eigenvalue weighted by molar-refractivity contribution is 0.161. The highest BCUT2D eigenvalue weighted by atomic mass is 32.2. The van der Waals surface area contributed by atoms with Gasteiger partial charge < -0.3 is 5.73 Å². The van der Waals surface area contributed by atoms with Crippen LogP contribution in [0.15, 0.2) is 35.6 Å². The lowest BCUT2D eigenvalue weighted by Gasteiger charge is -2.43. The lowest BCUT2D eigenvalue weighted by atomic mass is 9.66. The fraction of sp³-hybridized carbons (Fsp3) is 0.333. The number of rotatable bonds is 4. The van der Waals surface area contributed by atoms with Gasteiger partial charge in [-0.15, -0.1) is 0 Å². The summed E-state index contributed by atoms with van der Waals surface area (Å²) >= 11 is 0. The first-order valence-electron chi connectivity index (χ1n) is 8.96. The Hall–Kier alpha value is -3.10. The zero-order valence-corrected chi connectivity index (χ0v) is 15.9. The molecule has 0 saturated heterocycles. The molecule has 0 atom stereocenters. The van der Waals surface area contributed by atoms with E-state index < -0.39 is 31.7 Å². The van der Waals surface area contributed by atoms with E-state index in [9.17, 15) is 18.1 Å². The van der Waals surface area contributed by atoms with Crippen LogP contribution in [0.1, 0.15) is 25.7 Å². The maximum Gasteiger partial charge on any atom is 0.244 e. The van der Waals surface area contributed by atoms with Crippen LogP contribution in [-0.2, 0) is 10.0 Å². The van der Waals surface area contributed by atoms with Gasteiger partial charge in [-0.2, -0.15) is 5.26 Å². The largest absolute Gasteiger partial charge is 0.369 e. The number of nitrogens with zero attached hydrogens (tertiary/aromatic N) is 5. The molecule has 0 aliphatic heterocycles. The molecule has 11 heteroatoms. The summed E-state index contributed by atoms with van der Waals surface area (Å²) in [6, 6.07) is 6.05. The van der Waals surface area contributed by atoms with Crippen molar-refractivity contribution >= 4 is 21.7 Å². The van der Waals surface area contributed by atoms with Gasteiger partial charge in [0.2, 0.25) is 21.7 Å². The van der Waals surface area contributed by atoms with Gasteiger partial charge >= 0.3 is 0 Å². The summed E-state index contributed by atoms with van der Waals surface area (Å²) in [6.07, 6.45) is 4.98. The van der Waals surface area contributed by atoms with Gasteiger partial charge in [0.15, 0.2) is 0 Å². The van der Waals surface area contributed by atoms with Gasteiger partial charge in [-0.3, -0.25) is 4.40 Å². The number of imidazole rings is 1. The predicted octanol–water partition coefficient (Wildman–Crippen LogP) is 1.63. The molecule has 3 aliphatic rings. The number of benzene rings is 1. The molecule has 0 unspecified atom stereocenters. The number of nitriles is 1. The lowest BCUT2D eigenvalue weighted by Crippen LogP contribution is -2.55. The Morgan fingerprint density at radius 3 is 2.76 bits per heavy atom. The first-order chi connectivity index (χ1) is 13.7. The molecule has 2 heterocycles. The second-order valence-electron chi connectivity index (χ2n) is 7.80. The van der Waals surface area contributed by atoms with Gasteiger partial charge in [-0.1, -0.05) is 0 Å². The van der Waals surface area contributed by atoms with Crippen LogP contribution in [-0.4, -0.2) is 33.3 Å². The zero-order chi connectivity index (χ0) is 20.4. The van der Waals surface area contributed by atoms with Gasteiger partial charge in [0.25, 0.3) is 0 Å². The summed E-state index contributed by atoms with van der Waals surface area (Å²) < 4.78 is 44.4. The number of nitrogens with one attached hydrogen (secondary N) is 1. The molecule has 3 saturated carbocycles. The van der Waals surface area contributed by atoms with E-state index in [1.807, 2.05) is 0 Å². The first-order valence-corrected chi connectivity index (χ1v) is 10.4. The minimum atomic E-state index is -4.12. The summed E-state index contributed by atoms with van der Waals surface area (Å²) in [5.41, 5.74) is 5.47. The molecule has 2 bridgehead atoms. The predicted molar refractivity (Wildman–Crippen MR) is 100 cm³/mol. The summed E-state index contributed by atoms with van der Waals surface area (Å²) in [7, 11) is -4.12. The highest BCUT2D eigenvalue weighted by Gasteiger charge is 2.62. The number of anilines is 1. The number of nitrogen functional groups attached to an aromatic ring is 1. The Balaban J connectivity index is 1.51. The van der Waals surface area contributed by atoms with E-state index in [4.69, 9.17) is 5.73 Å². The number of nitrogens with two attached hydrogens (primary N) is 1. The fourth-order valence-corrected chi connectivity index (χ4v) is 6.05. The molecule has 6 rings (SSSR count). The third-order valence-corrected chi connectivity index (χ3v) is 7.43. The Morgan fingerprint density at radius 2 is 2.07 bits per heavy atom. The van der Waals surface area contributed by atoms with Crippen LogP contribution in [0.5, 0.6) is 0 Å². The third kappa shape index (κ3) is 2.67. The van der Waals surface area contributed by atoms with E-state index in [-0.39, 0.29) is 5.95 Å². The van der Waals surface area contributed by atoms with Gasteiger partial charge in [0.05, 0.1) is 17.2 Å². The highest BCUT2D eigenvalue weighted by molar-refractivity contribution is 7.89. The van der Waals surface area contributed by atoms with E-state index in [1.165, 1.54) is 22.9 Å². The minimum Gasteiger partial charge on any atom is -0.369 e. The molecular weight excluding hydrogens is 397 g/mol. The Kier molecular flexibility index (Phi) is 3.54. The third-order valence-electron chi connectivity index (χ3n) is 5.84. The second-order valence-corrected chi connectivity index (χ2v) is 9.46. The van der Waals surface area contributed by atoms with Crippen molar-refractivity contribution in [3.05, 3.63) is 36.5 Å². The molecule has 3 aliphatic carbocycles. The molecule has 3 N–H and O–H groups in total. The van der Waals surface area contributed by atoms with Gasteiger partial charge in [-0.05, 0) is 43.9 Å². The van der Waals surface area contributed by atoms with Crippen molar-refractivity contribution in [2.24, 2.45) is 5.41 Å². The van der Waals surface area contributed by atoms with Crippen LogP contribution in [0.2, 0.25) is 0 Å². The van der Waals surface area contributed by atoms with E-state index in [0.29, 0.717) is 42.7 Å². The highest BCUT2D eigenvalue weighted by Crippen LogP contribution is 2.61. The van der Waals surface area contributed by atoms with E-state index in [0.717, 1.165) is 6.07 Å². The number of fused-ring (bicyclic) bond motifs is 2. The maximum atomic E-state index is 14.5. The van der Waals surface area contributed by atoms with E-state index in [1.54, 1.807) is 6.20 Å². The van der Waals surface area contributed by atoms with Crippen molar-refractivity contribution in [3.63, 3.8) is 0 Å². The SMILES string of the molecule is N#CC12CCC(NS(=O)(=O)c3cc(-c4cn5c(N)ncnc5n4)ccc3F)(C1)C2. The van der Waals surface area contributed by atoms with Crippen LogP contribution in [0.25, 0.3) is 17.0 Å². The van der Waals surface area contributed by atoms with Gasteiger partial charge in [0, 0.05) is 17.3 Å². The summed E-state index contributed by atoms with van der Waals surface area (Å²) in [5.74, 6) is -0.382. The molecule has 1 aromatic carbocycles. The Labute approximate surface area is 165 Å². The molecule has 29 heavy (non-hydrogen) atoms. The van der Waals surface area contributed by atoms with E-state index in [2.05, 4.69) is 25.7 Å². The van der Waals surface area contributed by atoms with Crippen molar-refractivity contribution in [2.75, 3.05) is 5.73 Å². The number of halogens is 1. The molecule has 2 aromatic heterocycles. The van der Waals surface area contributed by atoms with Crippen LogP contribution in [0, 0.1) is 22.6 Å². The molecule has 9 nitrogen and oxygen atoms in total. The van der Waals surface area contributed by atoms with Crippen LogP contribution < -0.4 is 10.5 Å². The molecular formula is C18H16FN7O2S. The number of hydrogen-bond acceptors (Lipinski definition) is 7. The van der Waals surface area contributed by atoms with Crippen molar-refractivity contribution in [3.8, 4) is 17.3 Å². The van der Waals surface area contributed by atoms with Crippen molar-refractivity contribution < 1.29 is 12.8 Å². The maximum absolute atomic E-state index is 14.5. The van der Waals surface area contributed by atoms with Gasteiger partial charge in [-0.25, -0.2) is 32.5 Å². The number of hydrogen-bond donors (Lipinski definition) is 2. The normalized spacial score (nSPS) is 25.7. The molecule has 148 valence electrons. The fourth-order valence-electron chi connectivity index (χ4n) is 4.51. The van der Waals surface area contributed by atoms with Crippen molar-refractivity contribution in [2.45, 2.75) is 36.1 Å². The summed E-state index contributed by atoms with van der Waals surface area (Å²) in [4.78, 5) is 11.7. The second kappa shape index (κ2) is 5.71. The Bertz CT molecular complexity index is 1310. The Morgan fingerprint density at radius 1 is 1.28 bits per heavy atom. The smallest absolute Gasteiger partial charge is 0.244 e. The topological polar surface area (TPSA) is 139 Å². The first kappa shape index (κ1) is 18.0. The van der Waals surface area contributed by atoms with Gasteiger partial charge in [0.1, 0.15) is 17.0 Å². The molecule has 3 fully saturated rings. The average molecular weight is 413 g/mol. The van der Waals surface area contributed by atoms with Crippen molar-refractivity contribution in [1.82, 2.24) is 24.1 Å². The number of aromatic nitrogens is 4. The summed E-state index contributed by atoms with van der Waals surface area (Å²) in [5, 5.41) is 9.26.